The first-order valence-electron chi connectivity index (χ1n) is 6.61. The molecule has 0 amide bonds. The number of benzene rings is 1. The van der Waals surface area contributed by atoms with E-state index in [-0.39, 0.29) is 12.6 Å². The second kappa shape index (κ2) is 8.60. The fraction of sp³-hybridized carbons (Fsp3) is 0.571. The van der Waals surface area contributed by atoms with E-state index in [0.717, 1.165) is 15.8 Å². The van der Waals surface area contributed by atoms with Gasteiger partial charge in [-0.3, -0.25) is 0 Å². The quantitative estimate of drug-likeness (QED) is 0.700. The number of nitrogens with one attached hydrogen (secondary N) is 1. The van der Waals surface area contributed by atoms with Gasteiger partial charge in [0.1, 0.15) is 12.4 Å². The Morgan fingerprint density at radius 3 is 2.62 bits per heavy atom. The first-order chi connectivity index (χ1) is 9.87. The van der Waals surface area contributed by atoms with Crippen LogP contribution in [0, 0.1) is 0 Å². The lowest BCUT2D eigenvalue weighted by atomic mass is 10.0. The summed E-state index contributed by atoms with van der Waals surface area (Å²) < 4.78 is 47.2. The third-order valence-corrected chi connectivity index (χ3v) is 3.31. The molecule has 0 aliphatic carbocycles. The summed E-state index contributed by atoms with van der Waals surface area (Å²) in [6.07, 6.45) is -3.87. The van der Waals surface area contributed by atoms with Crippen LogP contribution < -0.4 is 10.1 Å². The van der Waals surface area contributed by atoms with E-state index in [4.69, 9.17) is 4.74 Å². The Balaban J connectivity index is 2.68. The third kappa shape index (κ3) is 6.67. The Hall–Kier alpha value is -0.790. The zero-order valence-corrected chi connectivity index (χ0v) is 13.6. The van der Waals surface area contributed by atoms with Crippen LogP contribution in [0.1, 0.15) is 24.9 Å². The van der Waals surface area contributed by atoms with Crippen molar-refractivity contribution in [3.63, 3.8) is 0 Å². The zero-order valence-electron chi connectivity index (χ0n) is 12.0. The van der Waals surface area contributed by atoms with Gasteiger partial charge in [0.25, 0.3) is 0 Å². The highest BCUT2D eigenvalue weighted by Gasteiger charge is 2.27. The Labute approximate surface area is 130 Å². The summed E-state index contributed by atoms with van der Waals surface area (Å²) in [4.78, 5) is 0. The third-order valence-electron chi connectivity index (χ3n) is 2.81. The molecular weight excluding hydrogens is 351 g/mol. The van der Waals surface area contributed by atoms with E-state index in [1.807, 2.05) is 25.1 Å². The molecule has 0 fully saturated rings. The SMILES string of the molecule is CCOc1ccc(Br)cc1C(CCOCC(F)(F)F)NC. The first-order valence-corrected chi connectivity index (χ1v) is 7.40. The van der Waals surface area contributed by atoms with Crippen LogP contribution in [0.3, 0.4) is 0 Å². The van der Waals surface area contributed by atoms with Gasteiger partial charge in [0, 0.05) is 22.7 Å². The summed E-state index contributed by atoms with van der Waals surface area (Å²) in [7, 11) is 1.76. The minimum absolute atomic E-state index is 0.0170. The highest BCUT2D eigenvalue weighted by Crippen LogP contribution is 2.30. The lowest BCUT2D eigenvalue weighted by molar-refractivity contribution is -0.174. The molecule has 0 aromatic heterocycles. The predicted molar refractivity (Wildman–Crippen MR) is 78.6 cm³/mol. The van der Waals surface area contributed by atoms with E-state index in [1.165, 1.54) is 0 Å². The van der Waals surface area contributed by atoms with Crippen LogP contribution in [0.5, 0.6) is 5.75 Å². The number of hydrogen-bond acceptors (Lipinski definition) is 3. The van der Waals surface area contributed by atoms with Crippen LogP contribution in [-0.2, 0) is 4.74 Å². The van der Waals surface area contributed by atoms with E-state index >= 15 is 0 Å². The molecule has 21 heavy (non-hydrogen) atoms. The van der Waals surface area contributed by atoms with Crippen molar-refractivity contribution < 1.29 is 22.6 Å². The number of alkyl halides is 3. The summed E-state index contributed by atoms with van der Waals surface area (Å²) in [5, 5.41) is 3.08. The molecule has 0 saturated carbocycles. The van der Waals surface area contributed by atoms with Gasteiger partial charge >= 0.3 is 6.18 Å². The van der Waals surface area contributed by atoms with Gasteiger partial charge in [-0.15, -0.1) is 0 Å². The summed E-state index contributed by atoms with van der Waals surface area (Å²) in [6, 6.07) is 5.46. The van der Waals surface area contributed by atoms with Crippen LogP contribution in [0.4, 0.5) is 13.2 Å². The Bertz CT molecular complexity index is 441. The van der Waals surface area contributed by atoms with Crippen molar-refractivity contribution in [1.29, 1.82) is 0 Å². The Morgan fingerprint density at radius 1 is 1.33 bits per heavy atom. The largest absolute Gasteiger partial charge is 0.494 e. The molecule has 3 nitrogen and oxygen atoms in total. The van der Waals surface area contributed by atoms with Crippen LogP contribution in [0.15, 0.2) is 22.7 Å². The van der Waals surface area contributed by atoms with Gasteiger partial charge in [0.05, 0.1) is 6.61 Å². The molecule has 1 aromatic rings. The summed E-state index contributed by atoms with van der Waals surface area (Å²) in [6.45, 7) is 1.20. The number of ether oxygens (including phenoxy) is 2. The predicted octanol–water partition coefficient (Wildman–Crippen LogP) is 4.08. The number of hydrogen-bond donors (Lipinski definition) is 1. The van der Waals surface area contributed by atoms with Crippen molar-refractivity contribution in [2.24, 2.45) is 0 Å². The fourth-order valence-electron chi connectivity index (χ4n) is 1.92. The maximum Gasteiger partial charge on any atom is 0.411 e. The van der Waals surface area contributed by atoms with Gasteiger partial charge < -0.3 is 14.8 Å². The Kier molecular flexibility index (Phi) is 7.48. The van der Waals surface area contributed by atoms with Crippen molar-refractivity contribution >= 4 is 15.9 Å². The lowest BCUT2D eigenvalue weighted by Crippen LogP contribution is -2.22. The normalized spacial score (nSPS) is 13.2. The molecule has 1 atom stereocenters. The fourth-order valence-corrected chi connectivity index (χ4v) is 2.30. The van der Waals surface area contributed by atoms with Gasteiger partial charge in [0.15, 0.2) is 0 Å². The molecular formula is C14H19BrF3NO2. The maximum atomic E-state index is 12.0. The van der Waals surface area contributed by atoms with Crippen LogP contribution >= 0.6 is 15.9 Å². The molecule has 0 bridgehead atoms. The van der Waals surface area contributed by atoms with Crippen molar-refractivity contribution in [2.75, 3.05) is 26.9 Å². The molecule has 0 spiro atoms. The number of halogens is 4. The monoisotopic (exact) mass is 369 g/mol. The molecule has 1 unspecified atom stereocenters. The van der Waals surface area contributed by atoms with Gasteiger partial charge in [0.2, 0.25) is 0 Å². The van der Waals surface area contributed by atoms with Crippen molar-refractivity contribution in [2.45, 2.75) is 25.6 Å². The van der Waals surface area contributed by atoms with E-state index in [9.17, 15) is 13.2 Å². The standard InChI is InChI=1S/C14H19BrF3NO2/c1-3-21-13-5-4-10(15)8-11(13)12(19-2)6-7-20-9-14(16,17)18/h4-5,8,12,19H,3,6-7,9H2,1-2H3. The Morgan fingerprint density at radius 2 is 2.05 bits per heavy atom. The zero-order chi connectivity index (χ0) is 15.9. The summed E-state index contributed by atoms with van der Waals surface area (Å²) in [5.41, 5.74) is 0.893. The van der Waals surface area contributed by atoms with Gasteiger partial charge in [-0.1, -0.05) is 15.9 Å². The van der Waals surface area contributed by atoms with Gasteiger partial charge in [-0.05, 0) is 38.6 Å². The average Bonchev–Trinajstić information content (AvgIpc) is 2.40. The van der Waals surface area contributed by atoms with E-state index in [2.05, 4.69) is 26.0 Å². The van der Waals surface area contributed by atoms with Gasteiger partial charge in [-0.2, -0.15) is 13.2 Å². The average molecular weight is 370 g/mol. The molecule has 0 aliphatic rings. The van der Waals surface area contributed by atoms with Crippen molar-refractivity contribution in [1.82, 2.24) is 5.32 Å². The highest BCUT2D eigenvalue weighted by atomic mass is 79.9. The van der Waals surface area contributed by atoms with Crippen LogP contribution in [-0.4, -0.2) is 33.0 Å². The van der Waals surface area contributed by atoms with Crippen LogP contribution in [0.25, 0.3) is 0 Å². The number of rotatable bonds is 8. The molecule has 0 heterocycles. The molecule has 7 heteroatoms. The molecule has 1 aromatic carbocycles. The van der Waals surface area contributed by atoms with E-state index in [0.29, 0.717) is 13.0 Å². The van der Waals surface area contributed by atoms with E-state index in [1.54, 1.807) is 7.05 Å². The molecule has 1 N–H and O–H groups in total. The topological polar surface area (TPSA) is 30.5 Å². The minimum Gasteiger partial charge on any atom is -0.494 e. The molecule has 120 valence electrons. The minimum atomic E-state index is -4.29. The lowest BCUT2D eigenvalue weighted by Gasteiger charge is -2.20. The van der Waals surface area contributed by atoms with Crippen molar-refractivity contribution in [3.8, 4) is 5.75 Å². The smallest absolute Gasteiger partial charge is 0.411 e. The maximum absolute atomic E-state index is 12.0. The molecule has 1 rings (SSSR count). The van der Waals surface area contributed by atoms with Crippen molar-refractivity contribution in [3.05, 3.63) is 28.2 Å². The molecule has 0 aliphatic heterocycles. The second-order valence-electron chi connectivity index (χ2n) is 4.41. The highest BCUT2D eigenvalue weighted by molar-refractivity contribution is 9.10. The second-order valence-corrected chi connectivity index (χ2v) is 5.33. The van der Waals surface area contributed by atoms with Crippen LogP contribution in [0.2, 0.25) is 0 Å². The summed E-state index contributed by atoms with van der Waals surface area (Å²) >= 11 is 3.39. The molecule has 0 saturated heterocycles. The summed E-state index contributed by atoms with van der Waals surface area (Å²) in [5.74, 6) is 0.718. The van der Waals surface area contributed by atoms with E-state index < -0.39 is 12.8 Å². The first kappa shape index (κ1) is 18.3. The molecule has 0 radical (unpaired) electrons. The van der Waals surface area contributed by atoms with Gasteiger partial charge in [-0.25, -0.2) is 0 Å².